The minimum atomic E-state index is -0.598. The highest BCUT2D eigenvalue weighted by Gasteiger charge is 2.29. The van der Waals surface area contributed by atoms with Gasteiger partial charge in [-0.15, -0.1) is 0 Å². The smallest absolute Gasteiger partial charge is 0.162 e. The van der Waals surface area contributed by atoms with Crippen molar-refractivity contribution >= 4 is 0 Å². The van der Waals surface area contributed by atoms with Gasteiger partial charge >= 0.3 is 0 Å². The molecule has 0 aliphatic heterocycles. The first kappa shape index (κ1) is 24.6. The van der Waals surface area contributed by atoms with E-state index in [1.54, 1.807) is 6.08 Å². The summed E-state index contributed by atoms with van der Waals surface area (Å²) in [5, 5.41) is 0. The summed E-state index contributed by atoms with van der Waals surface area (Å²) in [6, 6.07) is 3.76. The van der Waals surface area contributed by atoms with Crippen molar-refractivity contribution in [3.8, 4) is 0 Å². The van der Waals surface area contributed by atoms with Gasteiger partial charge in [0.25, 0.3) is 0 Å². The first-order valence-corrected chi connectivity index (χ1v) is 13.5. The summed E-state index contributed by atoms with van der Waals surface area (Å²) in [6.45, 7) is 4.17. The number of rotatable bonds is 6. The fourth-order valence-corrected chi connectivity index (χ4v) is 6.49. The van der Waals surface area contributed by atoms with Crippen LogP contribution in [0.1, 0.15) is 114 Å². The Hall–Kier alpha value is -1.51. The van der Waals surface area contributed by atoms with E-state index in [1.807, 2.05) is 19.1 Å². The second-order valence-corrected chi connectivity index (χ2v) is 11.1. The van der Waals surface area contributed by atoms with Crippen LogP contribution in [0.4, 0.5) is 13.2 Å². The molecule has 0 heterocycles. The molecule has 2 unspecified atom stereocenters. The average molecular weight is 459 g/mol. The van der Waals surface area contributed by atoms with Crippen molar-refractivity contribution in [3.63, 3.8) is 0 Å². The molecule has 33 heavy (non-hydrogen) atoms. The van der Waals surface area contributed by atoms with Gasteiger partial charge in [-0.1, -0.05) is 51.0 Å². The van der Waals surface area contributed by atoms with Crippen LogP contribution in [-0.4, -0.2) is 0 Å². The normalized spacial score (nSPS) is 33.3. The van der Waals surface area contributed by atoms with E-state index in [-0.39, 0.29) is 29.5 Å². The van der Waals surface area contributed by atoms with Gasteiger partial charge in [0.2, 0.25) is 0 Å². The molecular formula is C30H41F3. The van der Waals surface area contributed by atoms with Crippen LogP contribution >= 0.6 is 0 Å². The standard InChI is InChI=1S/C30H41F3/c1-3-4-21-9-13-24(14-10-21)26-17-18-27(30(33)29(26)32)25-15-11-22(12-16-25)7-8-23-6-5-20(2)28(31)19-23/h7-8,17-25H,3-6,9-16H2,1-2H3/b8-7+. The summed E-state index contributed by atoms with van der Waals surface area (Å²) in [7, 11) is 0. The molecule has 0 spiro atoms. The van der Waals surface area contributed by atoms with Crippen LogP contribution < -0.4 is 0 Å². The van der Waals surface area contributed by atoms with E-state index in [4.69, 9.17) is 0 Å². The largest absolute Gasteiger partial charge is 0.212 e. The highest BCUT2D eigenvalue weighted by molar-refractivity contribution is 5.32. The Kier molecular flexibility index (Phi) is 8.41. The predicted octanol–water partition coefficient (Wildman–Crippen LogP) is 9.77. The molecule has 0 radical (unpaired) electrons. The van der Waals surface area contributed by atoms with Crippen molar-refractivity contribution in [3.05, 3.63) is 58.9 Å². The highest BCUT2D eigenvalue weighted by atomic mass is 19.2. The van der Waals surface area contributed by atoms with Gasteiger partial charge < -0.3 is 0 Å². The molecule has 2 saturated carbocycles. The molecule has 182 valence electrons. The van der Waals surface area contributed by atoms with Crippen LogP contribution in [0.5, 0.6) is 0 Å². The van der Waals surface area contributed by atoms with Gasteiger partial charge in [-0.2, -0.15) is 0 Å². The van der Waals surface area contributed by atoms with Crippen LogP contribution in [0.2, 0.25) is 0 Å². The maximum Gasteiger partial charge on any atom is 0.162 e. The predicted molar refractivity (Wildman–Crippen MR) is 131 cm³/mol. The molecule has 3 aliphatic rings. The summed E-state index contributed by atoms with van der Waals surface area (Å²) < 4.78 is 44.1. The minimum Gasteiger partial charge on any atom is -0.212 e. The number of hydrogen-bond acceptors (Lipinski definition) is 0. The van der Waals surface area contributed by atoms with Gasteiger partial charge in [-0.3, -0.25) is 0 Å². The Morgan fingerprint density at radius 3 is 1.88 bits per heavy atom. The minimum absolute atomic E-state index is 0.0227. The van der Waals surface area contributed by atoms with E-state index in [0.29, 0.717) is 17.0 Å². The van der Waals surface area contributed by atoms with Crippen molar-refractivity contribution in [2.75, 3.05) is 0 Å². The van der Waals surface area contributed by atoms with Crippen LogP contribution in [0, 0.1) is 35.3 Å². The zero-order valence-corrected chi connectivity index (χ0v) is 20.5. The fourth-order valence-electron chi connectivity index (χ4n) is 6.49. The quantitative estimate of drug-likeness (QED) is 0.372. The van der Waals surface area contributed by atoms with Crippen LogP contribution in [0.15, 0.2) is 36.2 Å². The Morgan fingerprint density at radius 2 is 1.33 bits per heavy atom. The molecule has 2 fully saturated rings. The van der Waals surface area contributed by atoms with Crippen molar-refractivity contribution in [2.45, 2.75) is 103 Å². The highest BCUT2D eigenvalue weighted by Crippen LogP contribution is 2.42. The molecule has 0 N–H and O–H groups in total. The molecule has 0 amide bonds. The topological polar surface area (TPSA) is 0 Å². The van der Waals surface area contributed by atoms with Gasteiger partial charge in [0.05, 0.1) is 5.83 Å². The molecule has 1 aromatic carbocycles. The number of benzene rings is 1. The second-order valence-electron chi connectivity index (χ2n) is 11.1. The number of hydrogen-bond donors (Lipinski definition) is 0. The average Bonchev–Trinajstić information content (AvgIpc) is 2.83. The zero-order valence-electron chi connectivity index (χ0n) is 20.5. The maximum atomic E-state index is 15.1. The Balaban J connectivity index is 1.33. The summed E-state index contributed by atoms with van der Waals surface area (Å²) in [5.74, 6) is 0.595. The molecule has 0 bridgehead atoms. The zero-order chi connectivity index (χ0) is 23.4. The summed E-state index contributed by atoms with van der Waals surface area (Å²) in [5.41, 5.74) is 1.18. The van der Waals surface area contributed by atoms with E-state index in [9.17, 15) is 4.39 Å². The Labute approximate surface area is 198 Å². The third-order valence-electron chi connectivity index (χ3n) is 8.74. The monoisotopic (exact) mass is 458 g/mol. The molecule has 4 rings (SSSR count). The molecule has 3 aliphatic carbocycles. The van der Waals surface area contributed by atoms with Gasteiger partial charge in [-0.25, -0.2) is 13.2 Å². The molecular weight excluding hydrogens is 417 g/mol. The first-order valence-electron chi connectivity index (χ1n) is 13.5. The fraction of sp³-hybridized carbons (Fsp3) is 0.667. The van der Waals surface area contributed by atoms with E-state index >= 15 is 8.78 Å². The molecule has 1 aromatic rings. The van der Waals surface area contributed by atoms with E-state index in [2.05, 4.69) is 19.1 Å². The summed E-state index contributed by atoms with van der Waals surface area (Å²) in [6.07, 6.45) is 18.6. The van der Waals surface area contributed by atoms with E-state index < -0.39 is 11.6 Å². The number of halogens is 3. The molecule has 0 saturated heterocycles. The van der Waals surface area contributed by atoms with Gasteiger partial charge in [-0.05, 0) is 111 Å². The van der Waals surface area contributed by atoms with Crippen LogP contribution in [0.3, 0.4) is 0 Å². The summed E-state index contributed by atoms with van der Waals surface area (Å²) >= 11 is 0. The van der Waals surface area contributed by atoms with Crippen molar-refractivity contribution in [2.24, 2.45) is 23.7 Å². The van der Waals surface area contributed by atoms with E-state index in [1.165, 1.54) is 12.8 Å². The van der Waals surface area contributed by atoms with Crippen molar-refractivity contribution in [1.29, 1.82) is 0 Å². The van der Waals surface area contributed by atoms with Gasteiger partial charge in [0.1, 0.15) is 0 Å². The lowest BCUT2D eigenvalue weighted by atomic mass is 9.75. The lowest BCUT2D eigenvalue weighted by Crippen LogP contribution is -2.17. The molecule has 3 heteroatoms. The lowest BCUT2D eigenvalue weighted by Gasteiger charge is -2.30. The second kappa shape index (κ2) is 11.3. The maximum absolute atomic E-state index is 15.1. The van der Waals surface area contributed by atoms with Gasteiger partial charge in [0.15, 0.2) is 11.6 Å². The van der Waals surface area contributed by atoms with Gasteiger partial charge in [0, 0.05) is 5.92 Å². The lowest BCUT2D eigenvalue weighted by molar-refractivity contribution is 0.302. The third kappa shape index (κ3) is 5.95. The number of allylic oxidation sites excluding steroid dienone is 4. The molecule has 0 nitrogen and oxygen atoms in total. The van der Waals surface area contributed by atoms with Crippen molar-refractivity contribution < 1.29 is 13.2 Å². The Bertz CT molecular complexity index is 838. The van der Waals surface area contributed by atoms with Crippen LogP contribution in [-0.2, 0) is 0 Å². The molecule has 0 aromatic heterocycles. The van der Waals surface area contributed by atoms with Crippen molar-refractivity contribution in [1.82, 2.24) is 0 Å². The molecule has 2 atom stereocenters. The Morgan fingerprint density at radius 1 is 0.758 bits per heavy atom. The third-order valence-corrected chi connectivity index (χ3v) is 8.74. The summed E-state index contributed by atoms with van der Waals surface area (Å²) in [4.78, 5) is 0. The van der Waals surface area contributed by atoms with Crippen LogP contribution in [0.25, 0.3) is 0 Å². The van der Waals surface area contributed by atoms with E-state index in [0.717, 1.165) is 70.1 Å². The SMILES string of the molecule is CCCC1CCC(c2ccc(C3CCC(/C=C/C4C=C(F)C(C)CC4)CC3)c(F)c2F)CC1. The first-order chi connectivity index (χ1) is 16.0.